The molecule has 2 heteroatoms. The van der Waals surface area contributed by atoms with E-state index in [0.29, 0.717) is 0 Å². The van der Waals surface area contributed by atoms with E-state index in [9.17, 15) is 4.39 Å². The van der Waals surface area contributed by atoms with E-state index in [4.69, 9.17) is 0 Å². The minimum absolute atomic E-state index is 0.174. The van der Waals surface area contributed by atoms with Crippen LogP contribution in [0.3, 0.4) is 0 Å². The van der Waals surface area contributed by atoms with Gasteiger partial charge in [0.2, 0.25) is 0 Å². The normalized spacial score (nSPS) is 10.4. The Bertz CT molecular complexity index is 506. The Hall–Kier alpha value is -1.28. The highest BCUT2D eigenvalue weighted by atomic mass is 32.2. The van der Waals surface area contributed by atoms with Gasteiger partial charge >= 0.3 is 0 Å². The van der Waals surface area contributed by atoms with Crippen LogP contribution in [0.1, 0.15) is 11.1 Å². The van der Waals surface area contributed by atoms with Crippen LogP contribution in [0.4, 0.5) is 4.39 Å². The molecule has 0 spiro atoms. The SMILES string of the molecule is Cc1ccccc1Sc1ccc(F)cc1C. The van der Waals surface area contributed by atoms with Crippen molar-refractivity contribution in [2.45, 2.75) is 23.6 Å². The summed E-state index contributed by atoms with van der Waals surface area (Å²) < 4.78 is 13.0. The first-order valence-electron chi connectivity index (χ1n) is 5.16. The minimum atomic E-state index is -0.174. The van der Waals surface area contributed by atoms with Crippen LogP contribution in [0.25, 0.3) is 0 Å². The van der Waals surface area contributed by atoms with Gasteiger partial charge in [0, 0.05) is 9.79 Å². The molecule has 0 radical (unpaired) electrons. The second-order valence-corrected chi connectivity index (χ2v) is 4.86. The molecule has 0 aliphatic heterocycles. The maximum atomic E-state index is 13.0. The summed E-state index contributed by atoms with van der Waals surface area (Å²) in [7, 11) is 0. The number of hydrogen-bond donors (Lipinski definition) is 0. The molecule has 0 aliphatic rings. The summed E-state index contributed by atoms with van der Waals surface area (Å²) in [5.41, 5.74) is 2.23. The average Bonchev–Trinajstić information content (AvgIpc) is 2.25. The fraction of sp³-hybridized carbons (Fsp3) is 0.143. The highest BCUT2D eigenvalue weighted by molar-refractivity contribution is 7.99. The van der Waals surface area contributed by atoms with Crippen molar-refractivity contribution in [3.63, 3.8) is 0 Å². The van der Waals surface area contributed by atoms with Crippen LogP contribution in [0.15, 0.2) is 52.3 Å². The van der Waals surface area contributed by atoms with E-state index in [0.717, 1.165) is 10.5 Å². The van der Waals surface area contributed by atoms with Crippen LogP contribution < -0.4 is 0 Å². The number of rotatable bonds is 2. The number of benzene rings is 2. The van der Waals surface area contributed by atoms with E-state index >= 15 is 0 Å². The Morgan fingerprint density at radius 3 is 2.25 bits per heavy atom. The van der Waals surface area contributed by atoms with Gasteiger partial charge in [-0.2, -0.15) is 0 Å². The first kappa shape index (κ1) is 11.2. The topological polar surface area (TPSA) is 0 Å². The Kier molecular flexibility index (Phi) is 3.30. The molecule has 2 rings (SSSR count). The summed E-state index contributed by atoms with van der Waals surface area (Å²) in [6.07, 6.45) is 0. The van der Waals surface area contributed by atoms with Gasteiger partial charge in [-0.05, 0) is 49.2 Å². The second-order valence-electron chi connectivity index (χ2n) is 3.78. The third kappa shape index (κ3) is 2.45. The van der Waals surface area contributed by atoms with Gasteiger partial charge in [-0.25, -0.2) is 4.39 Å². The molecule has 0 amide bonds. The lowest BCUT2D eigenvalue weighted by atomic mass is 10.2. The van der Waals surface area contributed by atoms with Gasteiger partial charge in [0.05, 0.1) is 0 Å². The van der Waals surface area contributed by atoms with E-state index in [1.165, 1.54) is 16.5 Å². The molecule has 0 aliphatic carbocycles. The predicted octanol–water partition coefficient (Wildman–Crippen LogP) is 4.59. The van der Waals surface area contributed by atoms with Crippen LogP contribution in [0, 0.1) is 19.7 Å². The Balaban J connectivity index is 2.31. The number of aryl methyl sites for hydroxylation is 2. The Morgan fingerprint density at radius 1 is 0.875 bits per heavy atom. The molecular weight excluding hydrogens is 219 g/mol. The van der Waals surface area contributed by atoms with Crippen LogP contribution >= 0.6 is 11.8 Å². The largest absolute Gasteiger partial charge is 0.207 e. The van der Waals surface area contributed by atoms with Crippen LogP contribution in [0.5, 0.6) is 0 Å². The fourth-order valence-corrected chi connectivity index (χ4v) is 2.49. The summed E-state index contributed by atoms with van der Waals surface area (Å²) in [4.78, 5) is 2.33. The maximum absolute atomic E-state index is 13.0. The number of halogens is 1. The molecule has 0 saturated heterocycles. The summed E-state index contributed by atoms with van der Waals surface area (Å²) in [5, 5.41) is 0. The molecule has 0 N–H and O–H groups in total. The van der Waals surface area contributed by atoms with E-state index in [-0.39, 0.29) is 5.82 Å². The van der Waals surface area contributed by atoms with E-state index in [1.54, 1.807) is 17.8 Å². The van der Waals surface area contributed by atoms with Crippen molar-refractivity contribution < 1.29 is 4.39 Å². The zero-order valence-electron chi connectivity index (χ0n) is 9.33. The lowest BCUT2D eigenvalue weighted by Gasteiger charge is -2.07. The molecule has 0 nitrogen and oxygen atoms in total. The molecule has 2 aromatic carbocycles. The van der Waals surface area contributed by atoms with E-state index in [1.807, 2.05) is 25.1 Å². The quantitative estimate of drug-likeness (QED) is 0.729. The highest BCUT2D eigenvalue weighted by Crippen LogP contribution is 2.32. The smallest absolute Gasteiger partial charge is 0.123 e. The third-order valence-corrected chi connectivity index (χ3v) is 3.81. The van der Waals surface area contributed by atoms with Gasteiger partial charge in [0.15, 0.2) is 0 Å². The molecule has 2 aromatic rings. The van der Waals surface area contributed by atoms with Gasteiger partial charge in [0.1, 0.15) is 5.82 Å². The van der Waals surface area contributed by atoms with Crippen molar-refractivity contribution in [2.24, 2.45) is 0 Å². The van der Waals surface area contributed by atoms with E-state index in [2.05, 4.69) is 19.1 Å². The monoisotopic (exact) mass is 232 g/mol. The highest BCUT2D eigenvalue weighted by Gasteiger charge is 2.04. The van der Waals surface area contributed by atoms with Gasteiger partial charge < -0.3 is 0 Å². The number of hydrogen-bond acceptors (Lipinski definition) is 1. The van der Waals surface area contributed by atoms with Crippen LogP contribution in [0.2, 0.25) is 0 Å². The van der Waals surface area contributed by atoms with Gasteiger partial charge in [-0.1, -0.05) is 30.0 Å². The second kappa shape index (κ2) is 4.71. The summed E-state index contributed by atoms with van der Waals surface area (Å²) in [6, 6.07) is 13.1. The molecule has 0 aromatic heterocycles. The first-order valence-corrected chi connectivity index (χ1v) is 5.98. The van der Waals surface area contributed by atoms with Crippen LogP contribution in [-0.4, -0.2) is 0 Å². The van der Waals surface area contributed by atoms with Crippen molar-refractivity contribution in [3.05, 3.63) is 59.4 Å². The molecule has 0 atom stereocenters. The van der Waals surface area contributed by atoms with Crippen molar-refractivity contribution in [1.82, 2.24) is 0 Å². The molecule has 0 bridgehead atoms. The molecule has 0 fully saturated rings. The predicted molar refractivity (Wildman–Crippen MR) is 66.4 cm³/mol. The molecular formula is C14H13FS. The van der Waals surface area contributed by atoms with Crippen molar-refractivity contribution >= 4 is 11.8 Å². The molecule has 0 saturated carbocycles. The molecule has 0 unspecified atom stereocenters. The standard InChI is InChI=1S/C14H13FS/c1-10-5-3-4-6-13(10)16-14-8-7-12(15)9-11(14)2/h3-9H,1-2H3. The average molecular weight is 232 g/mol. The minimum Gasteiger partial charge on any atom is -0.207 e. The van der Waals surface area contributed by atoms with Crippen molar-refractivity contribution in [3.8, 4) is 0 Å². The lowest BCUT2D eigenvalue weighted by Crippen LogP contribution is -1.84. The fourth-order valence-electron chi connectivity index (χ4n) is 1.52. The maximum Gasteiger partial charge on any atom is 0.123 e. The third-order valence-electron chi connectivity index (χ3n) is 2.45. The Labute approximate surface area is 99.5 Å². The zero-order valence-corrected chi connectivity index (χ0v) is 10.1. The van der Waals surface area contributed by atoms with Crippen LogP contribution in [-0.2, 0) is 0 Å². The van der Waals surface area contributed by atoms with E-state index < -0.39 is 0 Å². The molecule has 16 heavy (non-hydrogen) atoms. The van der Waals surface area contributed by atoms with Gasteiger partial charge in [-0.3, -0.25) is 0 Å². The van der Waals surface area contributed by atoms with Crippen molar-refractivity contribution in [2.75, 3.05) is 0 Å². The lowest BCUT2D eigenvalue weighted by molar-refractivity contribution is 0.625. The summed E-state index contributed by atoms with van der Waals surface area (Å²) in [6.45, 7) is 4.02. The Morgan fingerprint density at radius 2 is 1.56 bits per heavy atom. The summed E-state index contributed by atoms with van der Waals surface area (Å²) in [5.74, 6) is -0.174. The van der Waals surface area contributed by atoms with Crippen molar-refractivity contribution in [1.29, 1.82) is 0 Å². The van der Waals surface area contributed by atoms with Gasteiger partial charge in [-0.15, -0.1) is 0 Å². The zero-order chi connectivity index (χ0) is 11.5. The first-order chi connectivity index (χ1) is 7.66. The van der Waals surface area contributed by atoms with Gasteiger partial charge in [0.25, 0.3) is 0 Å². The summed E-state index contributed by atoms with van der Waals surface area (Å²) >= 11 is 1.68. The molecule has 0 heterocycles. The molecule has 82 valence electrons.